The predicted octanol–water partition coefficient (Wildman–Crippen LogP) is 18.2. The van der Waals surface area contributed by atoms with Gasteiger partial charge in [-0.15, -0.1) is 10.3 Å². The van der Waals surface area contributed by atoms with Crippen LogP contribution in [0.3, 0.4) is 0 Å². The average Bonchev–Trinajstić information content (AvgIpc) is 2.75. The molecule has 0 aromatic heterocycles. The van der Waals surface area contributed by atoms with Crippen molar-refractivity contribution in [3.8, 4) is 0 Å². The molecule has 1 atom stereocenters. The number of likely N-dealkylation sites (N-methyl/N-ethyl adjacent to an activating group) is 1. The van der Waals surface area contributed by atoms with Crippen LogP contribution in [0.5, 0.6) is 0 Å². The molecule has 6 aliphatic rings. The summed E-state index contributed by atoms with van der Waals surface area (Å²) in [6.45, 7) is 10.2. The molecule has 2 aliphatic heterocycles. The molecule has 28 aromatic carbocycles. The quantitative estimate of drug-likeness (QED) is 0.153. The Bertz CT molecular complexity index is 7210. The summed E-state index contributed by atoms with van der Waals surface area (Å²) in [5.74, 6) is 0.328. The molecule has 75 heavy (non-hydrogen) atoms. The predicted molar refractivity (Wildman–Crippen MR) is 314 cm³/mol. The Balaban J connectivity index is 1.09. The Morgan fingerprint density at radius 2 is 0.453 bits per heavy atom. The van der Waals surface area contributed by atoms with Crippen LogP contribution in [0.1, 0.15) is 62.8 Å². The van der Waals surface area contributed by atoms with E-state index < -0.39 is 11.1 Å². The molecule has 4 aliphatic carbocycles. The largest absolute Gasteiger partial charge is 0.301 e. The van der Waals surface area contributed by atoms with Crippen molar-refractivity contribution in [2.24, 2.45) is 5.92 Å². The molecular weight excluding hydrogens is 909 g/mol. The van der Waals surface area contributed by atoms with Crippen LogP contribution in [0.15, 0.2) is 0 Å². The van der Waals surface area contributed by atoms with Crippen LogP contribution >= 0.6 is 0 Å². The van der Waals surface area contributed by atoms with Gasteiger partial charge in [0.15, 0.2) is 0 Å². The first kappa shape index (κ1) is 30.0. The highest BCUT2D eigenvalue weighted by Gasteiger charge is 2.77. The van der Waals surface area contributed by atoms with Crippen molar-refractivity contribution < 1.29 is 5.21 Å². The number of nitrogens with zero attached hydrogens (tertiary/aromatic N) is 2. The summed E-state index contributed by atoms with van der Waals surface area (Å²) in [7, 11) is 2.60. The Hall–Kier alpha value is -7.66. The number of benzene rings is 18. The minimum absolute atomic E-state index is 0.223. The van der Waals surface area contributed by atoms with Gasteiger partial charge in [-0.3, -0.25) is 0 Å². The Kier molecular flexibility index (Phi) is 2.69. The maximum atomic E-state index is 14.7. The van der Waals surface area contributed by atoms with Gasteiger partial charge in [0, 0.05) is 23.7 Å². The minimum atomic E-state index is -0.482. The molecule has 3 nitrogen and oxygen atoms in total. The van der Waals surface area contributed by atoms with Crippen molar-refractivity contribution in [3.63, 3.8) is 0 Å². The van der Waals surface area contributed by atoms with Gasteiger partial charge in [0.2, 0.25) is 0 Å². The SMILES string of the molecule is CN1CC23c4c5c6c7c8c9c(c%10c%11c2c2c4c4c%12c5c5c6c6c8c8c%13c9c9c%10c%10c%11c%11c2c2c4c4c%12c%12c5c5c6c8c6c8c%13c9c9c%10c%10c%11c2c2c4c4c%12c5c6c5c8c9c%10c2c45)C73C1C1CC(C)(C)N([O])C(C)(C)C1. The van der Waals surface area contributed by atoms with E-state index in [4.69, 9.17) is 0 Å². The molecule has 327 valence electrons. The second kappa shape index (κ2) is 6.72. The molecule has 1 unspecified atom stereocenters. The molecule has 2 fully saturated rings. The van der Waals surface area contributed by atoms with Crippen molar-refractivity contribution in [1.82, 2.24) is 9.96 Å². The molecule has 3 heteroatoms. The molecule has 28 aromatic rings. The number of rotatable bonds is 1. The highest BCUT2D eigenvalue weighted by Crippen LogP contribution is 2.86. The Labute approximate surface area is 414 Å². The zero-order valence-corrected chi connectivity index (χ0v) is 40.6. The van der Waals surface area contributed by atoms with Gasteiger partial charge in [-0.1, -0.05) is 0 Å². The summed E-state index contributed by atoms with van der Waals surface area (Å²) in [6.07, 6.45) is 1.83. The van der Waals surface area contributed by atoms with E-state index in [9.17, 15) is 5.21 Å². The van der Waals surface area contributed by atoms with Crippen molar-refractivity contribution >= 4 is 291 Å². The Morgan fingerprint density at radius 3 is 0.653 bits per heavy atom. The fourth-order valence-electron chi connectivity index (χ4n) is 28.4. The Morgan fingerprint density at radius 1 is 0.280 bits per heavy atom. The van der Waals surface area contributed by atoms with Crippen molar-refractivity contribution in [1.29, 1.82) is 0 Å². The van der Waals surface area contributed by atoms with Gasteiger partial charge in [-0.25, -0.2) is 0 Å². The number of piperidine rings is 1. The van der Waals surface area contributed by atoms with E-state index in [-0.39, 0.29) is 16.9 Å². The second-order valence-corrected chi connectivity index (χ2v) is 29.9. The molecule has 2 heterocycles. The first-order valence-corrected chi connectivity index (χ1v) is 28.7. The smallest absolute Gasteiger partial charge is 0.0536 e. The van der Waals surface area contributed by atoms with Crippen LogP contribution in [-0.4, -0.2) is 40.7 Å². The molecule has 0 saturated carbocycles. The summed E-state index contributed by atoms with van der Waals surface area (Å²) in [6, 6.07) is 0.223. The van der Waals surface area contributed by atoms with Crippen LogP contribution in [0.2, 0.25) is 0 Å². The van der Waals surface area contributed by atoms with Crippen LogP contribution in [0, 0.1) is 5.92 Å². The normalized spacial score (nSPS) is 23.8. The zero-order valence-electron chi connectivity index (χ0n) is 40.6. The number of hydrogen-bond donors (Lipinski definition) is 0. The van der Waals surface area contributed by atoms with Gasteiger partial charge in [-0.05, 0) is 367 Å². The highest BCUT2D eigenvalue weighted by molar-refractivity contribution is 6.82. The lowest BCUT2D eigenvalue weighted by atomic mass is 9.46. The van der Waals surface area contributed by atoms with Gasteiger partial charge in [0.25, 0.3) is 0 Å². The van der Waals surface area contributed by atoms with Crippen LogP contribution in [0.4, 0.5) is 0 Å². The van der Waals surface area contributed by atoms with E-state index in [0.717, 1.165) is 19.4 Å². The number of hydroxylamine groups is 2. The molecular formula is C72H23N2O. The van der Waals surface area contributed by atoms with Crippen molar-refractivity contribution in [2.75, 3.05) is 13.6 Å². The van der Waals surface area contributed by atoms with E-state index >= 15 is 0 Å². The maximum absolute atomic E-state index is 14.7. The van der Waals surface area contributed by atoms with E-state index in [2.05, 4.69) is 39.6 Å². The molecule has 2 spiro atoms. The molecule has 0 N–H and O–H groups in total. The summed E-state index contributed by atoms with van der Waals surface area (Å²) < 4.78 is 0. The zero-order chi connectivity index (χ0) is 45.9. The van der Waals surface area contributed by atoms with Crippen LogP contribution < -0.4 is 0 Å². The lowest BCUT2D eigenvalue weighted by Gasteiger charge is -2.57. The standard InChI is InChI=1S/C72H23N2O/c1-69(2)6-9(7-70(3,4)74(69)75)68-72-66-60-54-44-32-24-16-12-10-11-14-18(16)26(32)36-30-22(14)23-15(11)19-17-13(10)21-20(12)28-34(24)42-48-38(28)39-29(21)35-25(17)33-27(19)37-31(23)41-40(30)52(46(36)54)62(66)63-53(41)47(37)55-45(33)51-43(35)49(39)57-56(48)64(58(60)50(42)44)71(72,8-73(68)5)65(57)59(51)61(55)67(63)72/h9,68H,6-8H2,1-5H3. The molecule has 0 bridgehead atoms. The molecule has 34 rings (SSSR count). The van der Waals surface area contributed by atoms with Gasteiger partial charge < -0.3 is 4.90 Å². The third-order valence-corrected chi connectivity index (χ3v) is 28.0. The number of likely N-dealkylation sites (tertiary alicyclic amines) is 1. The van der Waals surface area contributed by atoms with E-state index in [1.54, 1.807) is 313 Å². The molecule has 1 radical (unpaired) electrons. The van der Waals surface area contributed by atoms with Gasteiger partial charge >= 0.3 is 0 Å². The van der Waals surface area contributed by atoms with E-state index in [1.807, 2.05) is 0 Å². The second-order valence-electron chi connectivity index (χ2n) is 29.9. The fraction of sp³-hybridized carbons (Fsp3) is 0.194. The van der Waals surface area contributed by atoms with E-state index in [1.165, 1.54) is 5.06 Å². The van der Waals surface area contributed by atoms with E-state index in [0.29, 0.717) is 5.92 Å². The molecule has 2 saturated heterocycles. The lowest BCUT2D eigenvalue weighted by Crippen LogP contribution is -2.63. The topological polar surface area (TPSA) is 26.4 Å². The number of hydrogen-bond acceptors (Lipinski definition) is 2. The monoisotopic (exact) mass is 931 g/mol. The molecule has 0 amide bonds. The van der Waals surface area contributed by atoms with Gasteiger partial charge in [-0.2, -0.15) is 0 Å². The lowest BCUT2D eigenvalue weighted by molar-refractivity contribution is -0.296. The summed E-state index contributed by atoms with van der Waals surface area (Å²) in [5, 5.41) is 106. The van der Waals surface area contributed by atoms with Crippen LogP contribution in [-0.2, 0) is 16.0 Å². The average molecular weight is 932 g/mol. The summed E-state index contributed by atoms with van der Waals surface area (Å²) in [4.78, 5) is 3.00. The highest BCUT2D eigenvalue weighted by atomic mass is 16.5. The summed E-state index contributed by atoms with van der Waals surface area (Å²) in [5.41, 5.74) is 5.52. The summed E-state index contributed by atoms with van der Waals surface area (Å²) >= 11 is 0. The van der Waals surface area contributed by atoms with Gasteiger partial charge in [0.05, 0.1) is 10.8 Å². The van der Waals surface area contributed by atoms with Crippen molar-refractivity contribution in [3.05, 3.63) is 22.3 Å². The third kappa shape index (κ3) is 1.66. The minimum Gasteiger partial charge on any atom is -0.301 e. The first-order chi connectivity index (χ1) is 36.7. The van der Waals surface area contributed by atoms with Crippen LogP contribution in [0.25, 0.3) is 291 Å². The maximum Gasteiger partial charge on any atom is 0.0536 e. The van der Waals surface area contributed by atoms with Crippen molar-refractivity contribution in [2.45, 2.75) is 68.5 Å². The first-order valence-electron chi connectivity index (χ1n) is 28.7. The fourth-order valence-corrected chi connectivity index (χ4v) is 28.4. The third-order valence-electron chi connectivity index (χ3n) is 28.0. The van der Waals surface area contributed by atoms with Gasteiger partial charge in [0.1, 0.15) is 0 Å².